The van der Waals surface area contributed by atoms with Crippen molar-refractivity contribution in [3.05, 3.63) is 0 Å². The highest BCUT2D eigenvalue weighted by molar-refractivity contribution is 5.75. The predicted octanol–water partition coefficient (Wildman–Crippen LogP) is 1.06. The van der Waals surface area contributed by atoms with E-state index in [1.807, 2.05) is 0 Å². The molecule has 3 nitrogen and oxygen atoms in total. The number of nitrogens with one attached hydrogen (secondary N) is 1. The Morgan fingerprint density at radius 1 is 1.58 bits per heavy atom. The van der Waals surface area contributed by atoms with E-state index >= 15 is 0 Å². The average Bonchev–Trinajstić information content (AvgIpc) is 1.94. The van der Waals surface area contributed by atoms with E-state index in [0.717, 1.165) is 4.90 Å². The molecule has 1 heterocycles. The summed E-state index contributed by atoms with van der Waals surface area (Å²) in [6, 6.07) is -0.591. The van der Waals surface area contributed by atoms with Gasteiger partial charge in [-0.05, 0) is 13.8 Å². The summed E-state index contributed by atoms with van der Waals surface area (Å²) in [6.45, 7) is 2.40. The van der Waals surface area contributed by atoms with Crippen molar-refractivity contribution in [3.8, 4) is 0 Å². The van der Waals surface area contributed by atoms with Gasteiger partial charge in [-0.2, -0.15) is 0 Å². The summed E-state index contributed by atoms with van der Waals surface area (Å²) in [4.78, 5) is 12.1. The molecule has 0 spiro atoms. The number of alkyl halides is 2. The first-order valence-electron chi connectivity index (χ1n) is 3.85. The van der Waals surface area contributed by atoms with Crippen molar-refractivity contribution in [2.24, 2.45) is 0 Å². The molecular formula is C7H12F2N2O. The molecule has 2 amide bonds. The van der Waals surface area contributed by atoms with Crippen LogP contribution < -0.4 is 5.32 Å². The summed E-state index contributed by atoms with van der Waals surface area (Å²) >= 11 is 0. The molecule has 0 unspecified atom stereocenters. The lowest BCUT2D eigenvalue weighted by molar-refractivity contribution is -0.0410. The molecular weight excluding hydrogens is 166 g/mol. The van der Waals surface area contributed by atoms with Crippen molar-refractivity contribution in [3.63, 3.8) is 0 Å². The minimum atomic E-state index is -2.79. The Bertz CT molecular complexity index is 194. The van der Waals surface area contributed by atoms with Crippen molar-refractivity contribution in [1.29, 1.82) is 0 Å². The van der Waals surface area contributed by atoms with Gasteiger partial charge in [0.2, 0.25) is 0 Å². The number of urea groups is 1. The van der Waals surface area contributed by atoms with Crippen LogP contribution in [-0.2, 0) is 0 Å². The van der Waals surface area contributed by atoms with Crippen LogP contribution in [0.5, 0.6) is 0 Å². The SMILES string of the molecule is CC(C)N1CC(F)(F)CNC1=O. The fraction of sp³-hybridized carbons (Fsp3) is 0.857. The van der Waals surface area contributed by atoms with Crippen LogP contribution in [-0.4, -0.2) is 36.0 Å². The summed E-state index contributed by atoms with van der Waals surface area (Å²) in [7, 11) is 0. The van der Waals surface area contributed by atoms with Gasteiger partial charge in [-0.1, -0.05) is 0 Å². The van der Waals surface area contributed by atoms with E-state index in [4.69, 9.17) is 0 Å². The van der Waals surface area contributed by atoms with Crippen LogP contribution in [0.25, 0.3) is 0 Å². The molecule has 5 heteroatoms. The van der Waals surface area contributed by atoms with Crippen molar-refractivity contribution in [2.75, 3.05) is 13.1 Å². The Labute approximate surface area is 69.7 Å². The first kappa shape index (κ1) is 9.22. The van der Waals surface area contributed by atoms with Gasteiger partial charge >= 0.3 is 6.03 Å². The number of carbonyl (C=O) groups excluding carboxylic acids is 1. The van der Waals surface area contributed by atoms with Gasteiger partial charge in [-0.3, -0.25) is 0 Å². The number of hydrogen-bond donors (Lipinski definition) is 1. The molecule has 0 aliphatic carbocycles. The molecule has 1 fully saturated rings. The van der Waals surface area contributed by atoms with Crippen LogP contribution in [0.2, 0.25) is 0 Å². The minimum absolute atomic E-state index is 0.184. The van der Waals surface area contributed by atoms with Crippen molar-refractivity contribution in [1.82, 2.24) is 10.2 Å². The zero-order valence-corrected chi connectivity index (χ0v) is 7.10. The van der Waals surface area contributed by atoms with E-state index in [1.165, 1.54) is 0 Å². The van der Waals surface area contributed by atoms with Crippen molar-refractivity contribution < 1.29 is 13.6 Å². The Hall–Kier alpha value is -0.870. The van der Waals surface area contributed by atoms with Crippen LogP contribution in [0.1, 0.15) is 13.8 Å². The van der Waals surface area contributed by atoms with Crippen molar-refractivity contribution >= 4 is 6.03 Å². The molecule has 0 aromatic rings. The van der Waals surface area contributed by atoms with Gasteiger partial charge in [-0.25, -0.2) is 13.6 Å². The number of rotatable bonds is 1. The van der Waals surface area contributed by atoms with Crippen LogP contribution in [0.3, 0.4) is 0 Å². The molecule has 1 aliphatic heterocycles. The molecule has 0 aromatic carbocycles. The molecule has 0 bridgehead atoms. The standard InChI is InChI=1S/C7H12F2N2O/c1-5(2)11-4-7(8,9)3-10-6(11)12/h5H,3-4H2,1-2H3,(H,10,12). The van der Waals surface area contributed by atoms with Crippen LogP contribution in [0.4, 0.5) is 13.6 Å². The second kappa shape index (κ2) is 2.88. The number of nitrogens with zero attached hydrogens (tertiary/aromatic N) is 1. The zero-order valence-electron chi connectivity index (χ0n) is 7.10. The molecule has 0 aromatic heterocycles. The molecule has 1 N–H and O–H groups in total. The van der Waals surface area contributed by atoms with Crippen LogP contribution in [0.15, 0.2) is 0 Å². The van der Waals surface area contributed by atoms with Crippen LogP contribution in [0, 0.1) is 0 Å². The third kappa shape index (κ3) is 1.84. The smallest absolute Gasteiger partial charge is 0.318 e. The monoisotopic (exact) mass is 178 g/mol. The van der Waals surface area contributed by atoms with E-state index in [-0.39, 0.29) is 6.04 Å². The molecule has 1 rings (SSSR count). The topological polar surface area (TPSA) is 32.3 Å². The van der Waals surface area contributed by atoms with Gasteiger partial charge in [-0.15, -0.1) is 0 Å². The second-order valence-corrected chi connectivity index (χ2v) is 3.24. The van der Waals surface area contributed by atoms with Gasteiger partial charge in [0.05, 0.1) is 13.1 Å². The molecule has 1 saturated heterocycles. The minimum Gasteiger partial charge on any atom is -0.332 e. The molecule has 1 aliphatic rings. The summed E-state index contributed by atoms with van der Waals surface area (Å²) in [6.07, 6.45) is 0. The highest BCUT2D eigenvalue weighted by atomic mass is 19.3. The lowest BCUT2D eigenvalue weighted by Crippen LogP contribution is -2.58. The van der Waals surface area contributed by atoms with Gasteiger partial charge in [0, 0.05) is 6.04 Å². The number of hydrogen-bond acceptors (Lipinski definition) is 1. The summed E-state index contributed by atoms with van der Waals surface area (Å²) in [5.74, 6) is -2.79. The summed E-state index contributed by atoms with van der Waals surface area (Å²) in [5, 5.41) is 2.14. The third-order valence-corrected chi connectivity index (χ3v) is 1.78. The number of amides is 2. The highest BCUT2D eigenvalue weighted by Gasteiger charge is 2.39. The summed E-state index contributed by atoms with van der Waals surface area (Å²) < 4.78 is 25.5. The average molecular weight is 178 g/mol. The van der Waals surface area contributed by atoms with Gasteiger partial charge < -0.3 is 10.2 Å². The normalized spacial score (nSPS) is 22.8. The lowest BCUT2D eigenvalue weighted by atomic mass is 10.2. The number of halogens is 2. The number of carbonyl (C=O) groups is 1. The van der Waals surface area contributed by atoms with Gasteiger partial charge in [0.1, 0.15) is 0 Å². The maximum atomic E-state index is 12.7. The Balaban J connectivity index is 2.66. The maximum Gasteiger partial charge on any atom is 0.318 e. The van der Waals surface area contributed by atoms with E-state index in [1.54, 1.807) is 13.8 Å². The largest absolute Gasteiger partial charge is 0.332 e. The Morgan fingerprint density at radius 2 is 2.17 bits per heavy atom. The van der Waals surface area contributed by atoms with Crippen LogP contribution >= 0.6 is 0 Å². The Kier molecular flexibility index (Phi) is 2.21. The third-order valence-electron chi connectivity index (χ3n) is 1.78. The van der Waals surface area contributed by atoms with Gasteiger partial charge in [0.25, 0.3) is 5.92 Å². The maximum absolute atomic E-state index is 12.7. The second-order valence-electron chi connectivity index (χ2n) is 3.24. The van der Waals surface area contributed by atoms with E-state index in [0.29, 0.717) is 0 Å². The first-order valence-corrected chi connectivity index (χ1v) is 3.85. The first-order chi connectivity index (χ1) is 5.42. The molecule has 0 atom stereocenters. The van der Waals surface area contributed by atoms with E-state index in [2.05, 4.69) is 5.32 Å². The van der Waals surface area contributed by atoms with Gasteiger partial charge in [0.15, 0.2) is 0 Å². The summed E-state index contributed by atoms with van der Waals surface area (Å²) in [5.41, 5.74) is 0. The zero-order chi connectivity index (χ0) is 9.35. The molecule has 12 heavy (non-hydrogen) atoms. The highest BCUT2D eigenvalue weighted by Crippen LogP contribution is 2.19. The fourth-order valence-corrected chi connectivity index (χ4v) is 1.10. The molecule has 0 saturated carbocycles. The fourth-order valence-electron chi connectivity index (χ4n) is 1.10. The molecule has 0 radical (unpaired) electrons. The van der Waals surface area contributed by atoms with E-state index < -0.39 is 25.0 Å². The predicted molar refractivity (Wildman–Crippen MR) is 40.2 cm³/mol. The lowest BCUT2D eigenvalue weighted by Gasteiger charge is -2.35. The molecule has 70 valence electrons. The van der Waals surface area contributed by atoms with E-state index in [9.17, 15) is 13.6 Å². The quantitative estimate of drug-likeness (QED) is 0.639. The Morgan fingerprint density at radius 3 is 2.58 bits per heavy atom. The van der Waals surface area contributed by atoms with Crippen molar-refractivity contribution in [2.45, 2.75) is 25.8 Å².